The number of rotatable bonds is 4. The SMILES string of the molecule is N=C(N)c1ccc(OCCC(F)(F)F)c(Cl)c1. The van der Waals surface area contributed by atoms with Crippen LogP contribution in [0.1, 0.15) is 12.0 Å². The zero-order valence-corrected chi connectivity index (χ0v) is 9.40. The molecule has 17 heavy (non-hydrogen) atoms. The first-order valence-corrected chi connectivity index (χ1v) is 5.01. The molecule has 0 amide bonds. The summed E-state index contributed by atoms with van der Waals surface area (Å²) in [5, 5.41) is 7.28. The number of nitrogens with two attached hydrogens (primary N) is 1. The van der Waals surface area contributed by atoms with Gasteiger partial charge < -0.3 is 10.5 Å². The van der Waals surface area contributed by atoms with Gasteiger partial charge in [-0.2, -0.15) is 13.2 Å². The molecule has 0 spiro atoms. The van der Waals surface area contributed by atoms with E-state index in [1.165, 1.54) is 18.2 Å². The lowest BCUT2D eigenvalue weighted by atomic mass is 10.2. The number of hydrogen-bond acceptors (Lipinski definition) is 2. The van der Waals surface area contributed by atoms with Crippen molar-refractivity contribution in [3.05, 3.63) is 28.8 Å². The molecule has 7 heteroatoms. The summed E-state index contributed by atoms with van der Waals surface area (Å²) in [6.07, 6.45) is -5.30. The molecule has 1 rings (SSSR count). The van der Waals surface area contributed by atoms with Crippen LogP contribution < -0.4 is 10.5 Å². The van der Waals surface area contributed by atoms with Crippen molar-refractivity contribution < 1.29 is 17.9 Å². The molecule has 94 valence electrons. The Bertz CT molecular complexity index is 421. The van der Waals surface area contributed by atoms with Gasteiger partial charge in [0.2, 0.25) is 0 Å². The molecule has 3 N–H and O–H groups in total. The van der Waals surface area contributed by atoms with E-state index < -0.39 is 19.2 Å². The van der Waals surface area contributed by atoms with Gasteiger partial charge in [0.15, 0.2) is 0 Å². The minimum Gasteiger partial charge on any atom is -0.492 e. The molecule has 1 aromatic rings. The summed E-state index contributed by atoms with van der Waals surface area (Å²) in [6, 6.07) is 4.21. The molecule has 0 unspecified atom stereocenters. The third kappa shape index (κ3) is 4.52. The van der Waals surface area contributed by atoms with E-state index in [2.05, 4.69) is 0 Å². The van der Waals surface area contributed by atoms with Gasteiger partial charge in [0.1, 0.15) is 11.6 Å². The maximum atomic E-state index is 11.9. The van der Waals surface area contributed by atoms with Crippen molar-refractivity contribution in [3.63, 3.8) is 0 Å². The molecule has 0 heterocycles. The summed E-state index contributed by atoms with van der Waals surface area (Å²) >= 11 is 5.77. The molecule has 0 aromatic heterocycles. The molecule has 3 nitrogen and oxygen atoms in total. The van der Waals surface area contributed by atoms with Gasteiger partial charge in [0.25, 0.3) is 0 Å². The van der Waals surface area contributed by atoms with Gasteiger partial charge in [-0.15, -0.1) is 0 Å². The van der Waals surface area contributed by atoms with Crippen molar-refractivity contribution in [2.45, 2.75) is 12.6 Å². The first-order chi connectivity index (χ1) is 7.79. The first kappa shape index (κ1) is 13.6. The smallest absolute Gasteiger partial charge is 0.392 e. The minimum absolute atomic E-state index is 0.125. The summed E-state index contributed by atoms with van der Waals surface area (Å²) in [5.74, 6) is -0.0327. The maximum absolute atomic E-state index is 11.9. The number of nitrogens with one attached hydrogen (secondary N) is 1. The van der Waals surface area contributed by atoms with E-state index in [-0.39, 0.29) is 16.6 Å². The molecular formula is C10H10ClF3N2O. The highest BCUT2D eigenvalue weighted by atomic mass is 35.5. The van der Waals surface area contributed by atoms with Crippen LogP contribution in [-0.4, -0.2) is 18.6 Å². The van der Waals surface area contributed by atoms with E-state index in [1.807, 2.05) is 0 Å². The molecule has 0 saturated heterocycles. The van der Waals surface area contributed by atoms with Crippen LogP contribution in [0.3, 0.4) is 0 Å². The van der Waals surface area contributed by atoms with Crippen LogP contribution in [0.4, 0.5) is 13.2 Å². The van der Waals surface area contributed by atoms with Gasteiger partial charge in [-0.1, -0.05) is 11.6 Å². The van der Waals surface area contributed by atoms with Crippen molar-refractivity contribution in [2.75, 3.05) is 6.61 Å². The first-order valence-electron chi connectivity index (χ1n) is 4.63. The molecule has 0 aliphatic heterocycles. The molecule has 0 fully saturated rings. The second kappa shape index (κ2) is 5.27. The average molecular weight is 267 g/mol. The van der Waals surface area contributed by atoms with Gasteiger partial charge in [0, 0.05) is 5.56 Å². The topological polar surface area (TPSA) is 59.1 Å². The molecule has 0 atom stereocenters. The third-order valence-corrected chi connectivity index (χ3v) is 2.18. The van der Waals surface area contributed by atoms with Crippen LogP contribution in [0.2, 0.25) is 5.02 Å². The van der Waals surface area contributed by atoms with E-state index in [4.69, 9.17) is 27.5 Å². The predicted molar refractivity (Wildman–Crippen MR) is 58.6 cm³/mol. The van der Waals surface area contributed by atoms with Crippen molar-refractivity contribution in [3.8, 4) is 5.75 Å². The Kier molecular flexibility index (Phi) is 4.22. The van der Waals surface area contributed by atoms with Gasteiger partial charge in [0.05, 0.1) is 18.1 Å². The van der Waals surface area contributed by atoms with E-state index >= 15 is 0 Å². The van der Waals surface area contributed by atoms with Gasteiger partial charge in [-0.25, -0.2) is 0 Å². The molecule has 0 bridgehead atoms. The van der Waals surface area contributed by atoms with Crippen molar-refractivity contribution in [1.82, 2.24) is 0 Å². The summed E-state index contributed by atoms with van der Waals surface area (Å²) < 4.78 is 40.5. The summed E-state index contributed by atoms with van der Waals surface area (Å²) in [6.45, 7) is -0.497. The van der Waals surface area contributed by atoms with Crippen LogP contribution in [-0.2, 0) is 0 Å². The summed E-state index contributed by atoms with van der Waals surface area (Å²) in [7, 11) is 0. The Labute approximate surface area is 101 Å². The fraction of sp³-hybridized carbons (Fsp3) is 0.300. The van der Waals surface area contributed by atoms with Crippen molar-refractivity contribution >= 4 is 17.4 Å². The lowest BCUT2D eigenvalue weighted by Crippen LogP contribution is -2.13. The Morgan fingerprint density at radius 1 is 1.41 bits per heavy atom. The third-order valence-electron chi connectivity index (χ3n) is 1.89. The normalized spacial score (nSPS) is 11.3. The monoisotopic (exact) mass is 266 g/mol. The van der Waals surface area contributed by atoms with Gasteiger partial charge >= 0.3 is 6.18 Å². The zero-order chi connectivity index (χ0) is 13.1. The Balaban J connectivity index is 2.64. The molecule has 0 aliphatic rings. The zero-order valence-electron chi connectivity index (χ0n) is 8.64. The molecule has 0 saturated carbocycles. The van der Waals surface area contributed by atoms with Crippen LogP contribution in [0.5, 0.6) is 5.75 Å². The van der Waals surface area contributed by atoms with Gasteiger partial charge in [-0.3, -0.25) is 5.41 Å². The highest BCUT2D eigenvalue weighted by molar-refractivity contribution is 6.32. The van der Waals surface area contributed by atoms with Crippen LogP contribution >= 0.6 is 11.6 Å². The van der Waals surface area contributed by atoms with E-state index in [9.17, 15) is 13.2 Å². The molecule has 0 aliphatic carbocycles. The number of alkyl halides is 3. The van der Waals surface area contributed by atoms with Crippen LogP contribution in [0.15, 0.2) is 18.2 Å². The van der Waals surface area contributed by atoms with Crippen molar-refractivity contribution in [1.29, 1.82) is 5.41 Å². The standard InChI is InChI=1S/C10H10ClF3N2O/c11-7-5-6(9(15)16)1-2-8(7)17-4-3-10(12,13)14/h1-2,5H,3-4H2,(H3,15,16). The quantitative estimate of drug-likeness (QED) is 0.650. The Morgan fingerprint density at radius 2 is 2.06 bits per heavy atom. The number of benzene rings is 1. The van der Waals surface area contributed by atoms with E-state index in [0.29, 0.717) is 5.56 Å². The summed E-state index contributed by atoms with van der Waals surface area (Å²) in [4.78, 5) is 0. The number of hydrogen-bond donors (Lipinski definition) is 2. The van der Waals surface area contributed by atoms with E-state index in [1.54, 1.807) is 0 Å². The number of nitrogen functional groups attached to an aromatic ring is 1. The average Bonchev–Trinajstić information content (AvgIpc) is 2.18. The highest BCUT2D eigenvalue weighted by Crippen LogP contribution is 2.26. The lowest BCUT2D eigenvalue weighted by Gasteiger charge is -2.10. The fourth-order valence-electron chi connectivity index (χ4n) is 1.06. The number of halogens is 4. The molecule has 1 aromatic carbocycles. The summed E-state index contributed by atoms with van der Waals surface area (Å²) in [5.41, 5.74) is 5.61. The molecular weight excluding hydrogens is 257 g/mol. The predicted octanol–water partition coefficient (Wildman–Crippen LogP) is 2.96. The van der Waals surface area contributed by atoms with E-state index in [0.717, 1.165) is 0 Å². The fourth-order valence-corrected chi connectivity index (χ4v) is 1.30. The largest absolute Gasteiger partial charge is 0.492 e. The molecule has 0 radical (unpaired) electrons. The minimum atomic E-state index is -4.26. The second-order valence-electron chi connectivity index (χ2n) is 3.27. The second-order valence-corrected chi connectivity index (χ2v) is 3.68. The lowest BCUT2D eigenvalue weighted by molar-refractivity contribution is -0.139. The highest BCUT2D eigenvalue weighted by Gasteiger charge is 2.26. The van der Waals surface area contributed by atoms with Crippen molar-refractivity contribution in [2.24, 2.45) is 5.73 Å². The number of amidine groups is 1. The Hall–Kier alpha value is -1.43. The Morgan fingerprint density at radius 3 is 2.53 bits per heavy atom. The number of ether oxygens (including phenoxy) is 1. The van der Waals surface area contributed by atoms with Gasteiger partial charge in [-0.05, 0) is 18.2 Å². The van der Waals surface area contributed by atoms with Crippen LogP contribution in [0, 0.1) is 5.41 Å². The van der Waals surface area contributed by atoms with Crippen LogP contribution in [0.25, 0.3) is 0 Å². The maximum Gasteiger partial charge on any atom is 0.392 e.